The van der Waals surface area contributed by atoms with Gasteiger partial charge in [-0.25, -0.2) is 4.79 Å². The van der Waals surface area contributed by atoms with Crippen LogP contribution in [-0.4, -0.2) is 33.3 Å². The maximum Gasteiger partial charge on any atom is 0.336 e. The first-order valence-electron chi connectivity index (χ1n) is 5.35. The minimum Gasteiger partial charge on any atom is -0.478 e. The van der Waals surface area contributed by atoms with E-state index in [4.69, 9.17) is 5.11 Å². The molecule has 0 aliphatic carbocycles. The number of rotatable bonds is 3. The zero-order chi connectivity index (χ0) is 14.2. The van der Waals surface area contributed by atoms with Crippen molar-refractivity contribution < 1.29 is 19.6 Å². The Labute approximate surface area is 116 Å². The Morgan fingerprint density at radius 2 is 2.16 bits per heavy atom. The monoisotopic (exact) mass is 328 g/mol. The normalized spacial score (nSPS) is 18.7. The van der Waals surface area contributed by atoms with Crippen LogP contribution in [0, 0.1) is 10.1 Å². The molecule has 1 amide bonds. The number of halogens is 1. The van der Waals surface area contributed by atoms with Crippen LogP contribution < -0.4 is 4.90 Å². The second kappa shape index (κ2) is 4.96. The van der Waals surface area contributed by atoms with E-state index in [1.807, 2.05) is 0 Å². The van der Waals surface area contributed by atoms with Crippen LogP contribution in [0.3, 0.4) is 0 Å². The molecule has 0 spiro atoms. The number of hydrogen-bond acceptors (Lipinski definition) is 4. The van der Waals surface area contributed by atoms with Crippen LogP contribution in [0.1, 0.15) is 16.8 Å². The Hall–Kier alpha value is -1.96. The van der Waals surface area contributed by atoms with E-state index in [0.29, 0.717) is 6.54 Å². The van der Waals surface area contributed by atoms with Gasteiger partial charge in [-0.15, -0.1) is 0 Å². The lowest BCUT2D eigenvalue weighted by Crippen LogP contribution is -2.24. The molecule has 1 aromatic carbocycles. The number of nitrogens with zero attached hydrogens (tertiary/aromatic N) is 2. The van der Waals surface area contributed by atoms with E-state index < -0.39 is 10.9 Å². The minimum atomic E-state index is -1.27. The molecule has 100 valence electrons. The van der Waals surface area contributed by atoms with Crippen LogP contribution in [0.25, 0.3) is 0 Å². The van der Waals surface area contributed by atoms with Crippen molar-refractivity contribution in [2.75, 3.05) is 11.4 Å². The highest BCUT2D eigenvalue weighted by atomic mass is 79.9. The quantitative estimate of drug-likeness (QED) is 0.518. The Bertz CT molecular complexity index is 542. The molecule has 19 heavy (non-hydrogen) atoms. The Kier molecular flexibility index (Phi) is 3.52. The first-order chi connectivity index (χ1) is 8.88. The second-order valence-electron chi connectivity index (χ2n) is 4.11. The minimum absolute atomic E-state index is 0.0347. The standard InChI is InChI=1S/C11H9BrN2O5/c12-7-3-10(15)13(5-7)8-1-6(11(16)17)2-9(4-8)14(18)19/h1-2,4,7H,3,5H2,(H,16,17). The van der Waals surface area contributed by atoms with Crippen molar-refractivity contribution in [3.8, 4) is 0 Å². The Balaban J connectivity index is 2.48. The fourth-order valence-electron chi connectivity index (χ4n) is 1.89. The molecule has 1 aliphatic rings. The third-order valence-electron chi connectivity index (χ3n) is 2.75. The summed E-state index contributed by atoms with van der Waals surface area (Å²) < 4.78 is 0. The van der Waals surface area contributed by atoms with Crippen LogP contribution in [0.5, 0.6) is 0 Å². The van der Waals surface area contributed by atoms with Crippen LogP contribution >= 0.6 is 15.9 Å². The summed E-state index contributed by atoms with van der Waals surface area (Å²) in [6.07, 6.45) is 0.283. The van der Waals surface area contributed by atoms with Gasteiger partial charge in [0.05, 0.1) is 16.2 Å². The van der Waals surface area contributed by atoms with Gasteiger partial charge in [0.2, 0.25) is 5.91 Å². The topological polar surface area (TPSA) is 101 Å². The van der Waals surface area contributed by atoms with Crippen LogP contribution in [0.15, 0.2) is 18.2 Å². The van der Waals surface area contributed by atoms with Gasteiger partial charge in [0, 0.05) is 29.9 Å². The van der Waals surface area contributed by atoms with Crippen molar-refractivity contribution >= 4 is 39.2 Å². The smallest absolute Gasteiger partial charge is 0.336 e. The number of alkyl halides is 1. The van der Waals surface area contributed by atoms with Gasteiger partial charge in [0.15, 0.2) is 0 Å². The molecule has 1 fully saturated rings. The van der Waals surface area contributed by atoms with Crippen LogP contribution in [0.2, 0.25) is 0 Å². The molecule has 1 heterocycles. The number of aromatic carboxylic acids is 1. The third-order valence-corrected chi connectivity index (χ3v) is 3.36. The average molecular weight is 329 g/mol. The second-order valence-corrected chi connectivity index (χ2v) is 5.40. The number of amides is 1. The fraction of sp³-hybridized carbons (Fsp3) is 0.273. The zero-order valence-corrected chi connectivity index (χ0v) is 11.2. The highest BCUT2D eigenvalue weighted by molar-refractivity contribution is 9.09. The van der Waals surface area contributed by atoms with Crippen molar-refractivity contribution in [3.05, 3.63) is 33.9 Å². The van der Waals surface area contributed by atoms with Gasteiger partial charge in [0.25, 0.3) is 5.69 Å². The molecule has 0 bridgehead atoms. The first-order valence-corrected chi connectivity index (χ1v) is 6.27. The van der Waals surface area contributed by atoms with Gasteiger partial charge in [-0.1, -0.05) is 15.9 Å². The van der Waals surface area contributed by atoms with Gasteiger partial charge in [-0.05, 0) is 6.07 Å². The largest absolute Gasteiger partial charge is 0.478 e. The molecule has 1 N–H and O–H groups in total. The van der Waals surface area contributed by atoms with Crippen molar-refractivity contribution in [2.24, 2.45) is 0 Å². The molecule has 1 aliphatic heterocycles. The van der Waals surface area contributed by atoms with E-state index >= 15 is 0 Å². The van der Waals surface area contributed by atoms with Crippen LogP contribution in [-0.2, 0) is 4.79 Å². The van der Waals surface area contributed by atoms with E-state index in [2.05, 4.69) is 15.9 Å². The first kappa shape index (κ1) is 13.5. The van der Waals surface area contributed by atoms with Crippen molar-refractivity contribution in [1.82, 2.24) is 0 Å². The molecule has 2 rings (SSSR count). The molecule has 0 saturated carbocycles. The maximum absolute atomic E-state index is 11.7. The van der Waals surface area contributed by atoms with E-state index in [1.54, 1.807) is 0 Å². The SMILES string of the molecule is O=C(O)c1cc(N2CC(Br)CC2=O)cc([N+](=O)[O-])c1. The number of nitro benzene ring substituents is 1. The van der Waals surface area contributed by atoms with Gasteiger partial charge in [-0.2, -0.15) is 0 Å². The molecule has 1 unspecified atom stereocenters. The Morgan fingerprint density at radius 3 is 2.63 bits per heavy atom. The van der Waals surface area contributed by atoms with Crippen LogP contribution in [0.4, 0.5) is 11.4 Å². The molecule has 7 nitrogen and oxygen atoms in total. The predicted molar refractivity (Wildman–Crippen MR) is 69.7 cm³/mol. The number of carbonyl (C=O) groups is 2. The molecule has 1 aromatic rings. The maximum atomic E-state index is 11.7. The summed E-state index contributed by atoms with van der Waals surface area (Å²) in [5, 5.41) is 19.7. The molecule has 1 atom stereocenters. The number of benzene rings is 1. The number of carbonyl (C=O) groups excluding carboxylic acids is 1. The van der Waals surface area contributed by atoms with E-state index in [0.717, 1.165) is 6.07 Å². The number of non-ortho nitro benzene ring substituents is 1. The summed E-state index contributed by atoms with van der Waals surface area (Å²) in [5.41, 5.74) is -0.325. The van der Waals surface area contributed by atoms with E-state index in [-0.39, 0.29) is 34.1 Å². The molecule has 0 radical (unpaired) electrons. The molecule has 0 aromatic heterocycles. The van der Waals surface area contributed by atoms with Crippen molar-refractivity contribution in [3.63, 3.8) is 0 Å². The van der Waals surface area contributed by atoms with E-state index in [9.17, 15) is 19.7 Å². The summed E-state index contributed by atoms with van der Waals surface area (Å²) >= 11 is 3.30. The summed E-state index contributed by atoms with van der Waals surface area (Å²) in [6, 6.07) is 3.44. The van der Waals surface area contributed by atoms with Gasteiger partial charge in [0.1, 0.15) is 0 Å². The zero-order valence-electron chi connectivity index (χ0n) is 9.58. The number of carboxylic acid groups (broad SMARTS) is 1. The van der Waals surface area contributed by atoms with Crippen molar-refractivity contribution in [1.29, 1.82) is 0 Å². The summed E-state index contributed by atoms with van der Waals surface area (Å²) in [5.74, 6) is -1.47. The molecule has 8 heteroatoms. The number of carboxylic acids is 1. The lowest BCUT2D eigenvalue weighted by Gasteiger charge is -2.16. The average Bonchev–Trinajstić information content (AvgIpc) is 2.67. The van der Waals surface area contributed by atoms with Crippen molar-refractivity contribution in [2.45, 2.75) is 11.2 Å². The molecule has 1 saturated heterocycles. The summed E-state index contributed by atoms with van der Waals surface area (Å²) in [4.78, 5) is 34.1. The predicted octanol–water partition coefficient (Wildman–Crippen LogP) is 1.79. The lowest BCUT2D eigenvalue weighted by atomic mass is 10.1. The fourth-order valence-corrected chi connectivity index (χ4v) is 2.46. The lowest BCUT2D eigenvalue weighted by molar-refractivity contribution is -0.384. The number of anilines is 1. The summed E-state index contributed by atoms with van der Waals surface area (Å²) in [6.45, 7) is 0.360. The highest BCUT2D eigenvalue weighted by Gasteiger charge is 2.30. The molecular weight excluding hydrogens is 320 g/mol. The van der Waals surface area contributed by atoms with Gasteiger partial charge in [-0.3, -0.25) is 14.9 Å². The highest BCUT2D eigenvalue weighted by Crippen LogP contribution is 2.29. The van der Waals surface area contributed by atoms with Gasteiger partial charge < -0.3 is 10.0 Å². The third kappa shape index (κ3) is 2.73. The Morgan fingerprint density at radius 1 is 1.47 bits per heavy atom. The van der Waals surface area contributed by atoms with E-state index in [1.165, 1.54) is 17.0 Å². The van der Waals surface area contributed by atoms with Gasteiger partial charge >= 0.3 is 5.97 Å². The summed E-state index contributed by atoms with van der Waals surface area (Å²) in [7, 11) is 0. The number of hydrogen-bond donors (Lipinski definition) is 1. The molecular formula is C11H9BrN2O5. The number of nitro groups is 1.